The van der Waals surface area contributed by atoms with E-state index >= 15 is 0 Å². The van der Waals surface area contributed by atoms with Gasteiger partial charge >= 0.3 is 12.0 Å². The molecule has 2 unspecified atom stereocenters. The number of carbonyl (C=O) groups is 6. The van der Waals surface area contributed by atoms with Gasteiger partial charge in [0.2, 0.25) is 5.91 Å². The van der Waals surface area contributed by atoms with Crippen LogP contribution in [0.5, 0.6) is 0 Å². The molecule has 5 amide bonds. The maximum absolute atomic E-state index is 13.8. The number of ether oxygens (including phenoxy) is 9. The van der Waals surface area contributed by atoms with Crippen molar-refractivity contribution < 1.29 is 76.5 Å². The highest BCUT2D eigenvalue weighted by Gasteiger charge is 2.66. The Hall–Kier alpha value is -6.91. The minimum absolute atomic E-state index is 0.00833. The second-order valence-electron chi connectivity index (χ2n) is 26.4. The Morgan fingerprint density at radius 1 is 0.674 bits per heavy atom. The summed E-state index contributed by atoms with van der Waals surface area (Å²) in [5.41, 5.74) is 5.59. The van der Waals surface area contributed by atoms with Gasteiger partial charge in [-0.15, -0.1) is 0 Å². The molecule has 6 aliphatic rings. The van der Waals surface area contributed by atoms with E-state index in [1.165, 1.54) is 23.5 Å². The quantitative estimate of drug-likeness (QED) is 0.0273. The number of aromatic carboxylic acids is 1. The number of aromatic nitrogens is 4. The third kappa shape index (κ3) is 19.2. The molecule has 4 saturated carbocycles. The molecule has 3 aromatic heterocycles. The van der Waals surface area contributed by atoms with E-state index in [-0.39, 0.29) is 76.5 Å². The van der Waals surface area contributed by atoms with Gasteiger partial charge in [0.05, 0.1) is 140 Å². The molecule has 2 atom stereocenters. The number of imide groups is 1. The van der Waals surface area contributed by atoms with Gasteiger partial charge in [-0.3, -0.25) is 39.0 Å². The van der Waals surface area contributed by atoms with Crippen molar-refractivity contribution in [3.05, 3.63) is 89.9 Å². The van der Waals surface area contributed by atoms with Crippen LogP contribution < -0.4 is 10.2 Å². The molecule has 5 aromatic rings. The number of carboxylic acid groups (broad SMARTS) is 1. The van der Waals surface area contributed by atoms with Crippen LogP contribution in [0.25, 0.3) is 32.6 Å². The van der Waals surface area contributed by atoms with Crippen molar-refractivity contribution in [2.75, 3.05) is 149 Å². The summed E-state index contributed by atoms with van der Waals surface area (Å²) in [6.07, 6.45) is 13.2. The average molecular weight is 1330 g/mol. The molecular weight excluding hydrogens is 1240 g/mol. The Labute approximate surface area is 559 Å². The number of rotatable bonds is 41. The van der Waals surface area contributed by atoms with E-state index in [4.69, 9.17) is 52.7 Å². The van der Waals surface area contributed by atoms with Crippen LogP contribution >= 0.6 is 11.3 Å². The van der Waals surface area contributed by atoms with E-state index in [0.29, 0.717) is 167 Å². The van der Waals surface area contributed by atoms with Crippen molar-refractivity contribution in [3.8, 4) is 22.4 Å². The molecule has 4 bridgehead atoms. The highest BCUT2D eigenvalue weighted by molar-refractivity contribution is 7.22. The van der Waals surface area contributed by atoms with Gasteiger partial charge in [-0.05, 0) is 117 Å². The lowest BCUT2D eigenvalue weighted by Gasteiger charge is -2.69. The monoisotopic (exact) mass is 1330 g/mol. The number of nitrogens with one attached hydrogen (secondary N) is 1. The normalized spacial score (nSPS) is 21.1. The molecule has 95 heavy (non-hydrogen) atoms. The summed E-state index contributed by atoms with van der Waals surface area (Å²) in [6.45, 7) is 15.7. The summed E-state index contributed by atoms with van der Waals surface area (Å²) in [5, 5.41) is 19.2. The van der Waals surface area contributed by atoms with E-state index in [2.05, 4.69) is 28.8 Å². The second-order valence-corrected chi connectivity index (χ2v) is 27.5. The van der Waals surface area contributed by atoms with Gasteiger partial charge in [-0.2, -0.15) is 5.10 Å². The molecule has 5 heterocycles. The molecular formula is C70H92N8O16S. The average Bonchev–Trinajstić information content (AvgIpc) is 0.902. The van der Waals surface area contributed by atoms with Crippen LogP contribution in [0.1, 0.15) is 106 Å². The first-order chi connectivity index (χ1) is 45.9. The Kier molecular flexibility index (Phi) is 24.9. The Morgan fingerprint density at radius 2 is 1.28 bits per heavy atom. The molecule has 11 rings (SSSR count). The van der Waals surface area contributed by atoms with Gasteiger partial charge < -0.3 is 52.6 Å². The number of fused-ring (bicyclic) bond motifs is 2. The minimum atomic E-state index is -1.14. The van der Waals surface area contributed by atoms with Crippen LogP contribution in [0.3, 0.4) is 0 Å². The van der Waals surface area contributed by atoms with E-state index in [1.54, 1.807) is 16.0 Å². The molecule has 4 fully saturated rings. The number of urea groups is 1. The number of anilines is 2. The number of carbonyl (C=O) groups excluding carboxylic acids is 5. The van der Waals surface area contributed by atoms with Crippen LogP contribution in [-0.4, -0.2) is 215 Å². The number of nitrogens with zero attached hydrogens (tertiary/aromatic N) is 7. The van der Waals surface area contributed by atoms with Crippen LogP contribution in [0.4, 0.5) is 15.6 Å². The number of thiazole rings is 1. The highest BCUT2D eigenvalue weighted by atomic mass is 32.1. The maximum Gasteiger partial charge on any atom is 0.355 e. The van der Waals surface area contributed by atoms with Crippen molar-refractivity contribution in [1.82, 2.24) is 29.5 Å². The van der Waals surface area contributed by atoms with Crippen molar-refractivity contribution >= 4 is 67.9 Å². The lowest BCUT2D eigenvalue weighted by atomic mass is 9.39. The summed E-state index contributed by atoms with van der Waals surface area (Å²) >= 11 is 1.43. The van der Waals surface area contributed by atoms with Crippen LogP contribution in [0, 0.1) is 23.2 Å². The zero-order valence-corrected chi connectivity index (χ0v) is 56.2. The Bertz CT molecular complexity index is 3430. The molecule has 0 saturated heterocycles. The number of pyridine rings is 1. The number of ketones is 1. The van der Waals surface area contributed by atoms with Gasteiger partial charge in [0.1, 0.15) is 5.78 Å². The van der Waals surface area contributed by atoms with Gasteiger partial charge in [-0.1, -0.05) is 49.4 Å². The zero-order chi connectivity index (χ0) is 66.8. The highest BCUT2D eigenvalue weighted by Crippen LogP contribution is 2.72. The predicted molar refractivity (Wildman–Crippen MR) is 355 cm³/mol. The first-order valence-corrected chi connectivity index (χ1v) is 34.1. The Balaban J connectivity index is 0.563. The van der Waals surface area contributed by atoms with Crippen molar-refractivity contribution in [3.63, 3.8) is 0 Å². The third-order valence-corrected chi connectivity index (χ3v) is 19.4. The summed E-state index contributed by atoms with van der Waals surface area (Å²) in [5.74, 6) is -1.92. The summed E-state index contributed by atoms with van der Waals surface area (Å²) < 4.78 is 54.6. The van der Waals surface area contributed by atoms with Gasteiger partial charge in [0, 0.05) is 92.9 Å². The van der Waals surface area contributed by atoms with Crippen LogP contribution in [0.2, 0.25) is 0 Å². The smallest absolute Gasteiger partial charge is 0.355 e. The largest absolute Gasteiger partial charge is 0.476 e. The van der Waals surface area contributed by atoms with Gasteiger partial charge in [0.25, 0.3) is 11.8 Å². The number of hydrogen-bond donors (Lipinski definition) is 2. The molecule has 2 aromatic carbocycles. The molecule has 0 radical (unpaired) electrons. The van der Waals surface area contributed by atoms with Crippen LogP contribution in [0.15, 0.2) is 72.9 Å². The summed E-state index contributed by atoms with van der Waals surface area (Å²) in [4.78, 5) is 89.1. The molecule has 514 valence electrons. The van der Waals surface area contributed by atoms with Crippen molar-refractivity contribution in [1.29, 1.82) is 0 Å². The fourth-order valence-electron chi connectivity index (χ4n) is 15.3. The minimum Gasteiger partial charge on any atom is -0.476 e. The number of carboxylic acids is 1. The summed E-state index contributed by atoms with van der Waals surface area (Å²) in [7, 11) is 1.82. The molecule has 2 N–H and O–H groups in total. The molecule has 4 aliphatic carbocycles. The van der Waals surface area contributed by atoms with Gasteiger partial charge in [0.15, 0.2) is 10.8 Å². The number of hydrogen-bond acceptors (Lipinski definition) is 19. The zero-order valence-electron chi connectivity index (χ0n) is 55.4. The lowest BCUT2D eigenvalue weighted by Crippen LogP contribution is -2.64. The lowest BCUT2D eigenvalue weighted by molar-refractivity contribution is -0.248. The number of likely N-dealkylation sites (N-methyl/N-ethyl adjacent to an activating group) is 1. The number of benzene rings is 2. The SMILES string of the molecule is Cc1c(-c2ccc(-c3ccc4c(c3)N(C(=O)Nc3nc5ccccc5s3)CCC4)nc2C(=O)O)cnn1CC12CC3(C)CC(C)(C1)CC(OCCN(C)C(=O)CCOCCOCCOCCOCCOCCOCCOCCOCCCC(=O)CCN1C(=O)C=CC1=O)(C3)C2. The van der Waals surface area contributed by atoms with E-state index in [0.717, 1.165) is 89.0 Å². The standard InChI is InChI=1S/C70H92N8O16S/c1-50-55(54-15-16-56(72-63(54)64(83)84)52-14-13-51-9-7-21-76(58(51)41-52)66(85)74-65-73-57-11-5-6-12-59(57)95-65)42-71-78(50)49-69-44-67(2)43-68(3,45-69)47-70(46-67,48-69)94-26-23-75(4)60(80)20-25-87-28-30-89-32-34-91-36-38-93-40-39-92-37-35-90-33-31-88-29-27-86-24-8-10-53(79)19-22-77-61(81)17-18-62(77)82/h5-6,11-18,41-42H,7-10,19-40,43-49H2,1-4H3,(H,83,84)(H,73,74,85). The topological polar surface area (TPSA) is 271 Å². The Morgan fingerprint density at radius 3 is 1.91 bits per heavy atom. The van der Waals surface area contributed by atoms with E-state index in [9.17, 15) is 33.9 Å². The number of amides is 5. The fraction of sp³-hybridized carbons (Fsp3) is 0.586. The molecule has 0 spiro atoms. The number of para-hydroxylation sites is 1. The third-order valence-electron chi connectivity index (χ3n) is 18.5. The maximum atomic E-state index is 13.8. The van der Waals surface area contributed by atoms with Crippen molar-refractivity contribution in [2.24, 2.45) is 16.2 Å². The van der Waals surface area contributed by atoms with E-state index < -0.39 is 5.97 Å². The summed E-state index contributed by atoms with van der Waals surface area (Å²) in [6, 6.07) is 17.1. The molecule has 25 heteroatoms. The number of Topliss-reactive ketones (excluding diaryl/α,β-unsaturated/α-hetero) is 1. The van der Waals surface area contributed by atoms with Gasteiger partial charge in [-0.25, -0.2) is 19.6 Å². The first kappa shape index (κ1) is 70.9. The number of aryl methyl sites for hydroxylation is 1. The second kappa shape index (κ2) is 33.4. The van der Waals surface area contributed by atoms with Crippen LogP contribution in [-0.2, 0) is 74.8 Å². The van der Waals surface area contributed by atoms with Crippen molar-refractivity contribution in [2.45, 2.75) is 110 Å². The first-order valence-electron chi connectivity index (χ1n) is 33.3. The van der Waals surface area contributed by atoms with E-state index in [1.807, 2.05) is 68.6 Å². The molecule has 24 nitrogen and oxygen atoms in total. The molecule has 2 aliphatic heterocycles. The predicted octanol–water partition coefficient (Wildman–Crippen LogP) is 8.99. The fourth-order valence-corrected chi connectivity index (χ4v) is 16.1.